The highest BCUT2D eigenvalue weighted by molar-refractivity contribution is 6.31. The van der Waals surface area contributed by atoms with Gasteiger partial charge in [0.1, 0.15) is 5.41 Å². The van der Waals surface area contributed by atoms with E-state index in [1.165, 1.54) is 12.4 Å². The van der Waals surface area contributed by atoms with Gasteiger partial charge in [0.05, 0.1) is 0 Å². The Kier molecular flexibility index (Phi) is 3.81. The molecule has 144 valence electrons. The first-order chi connectivity index (χ1) is 13.3. The second-order valence-electron chi connectivity index (χ2n) is 7.36. The van der Waals surface area contributed by atoms with Crippen molar-refractivity contribution in [2.24, 2.45) is 5.92 Å². The lowest BCUT2D eigenvalue weighted by atomic mass is 9.69. The number of hydrogen-bond acceptors (Lipinski definition) is 0. The molecule has 7 heteroatoms. The minimum atomic E-state index is -4.50. The lowest BCUT2D eigenvalue weighted by molar-refractivity contribution is -0.183. The summed E-state index contributed by atoms with van der Waals surface area (Å²) in [4.78, 5) is 6.00. The molecule has 2 N–H and O–H groups in total. The maximum Gasteiger partial charge on any atom is 0.402 e. The van der Waals surface area contributed by atoms with Gasteiger partial charge in [0.2, 0.25) is 0 Å². The Morgan fingerprint density at radius 3 is 1.64 bits per heavy atom. The molecular formula is C21H15Cl2F3N2. The fraction of sp³-hybridized carbons (Fsp3) is 0.238. The van der Waals surface area contributed by atoms with Crippen LogP contribution in [0.3, 0.4) is 0 Å². The molecule has 0 radical (unpaired) electrons. The van der Waals surface area contributed by atoms with Crippen molar-refractivity contribution in [3.8, 4) is 0 Å². The van der Waals surface area contributed by atoms with E-state index in [9.17, 15) is 13.2 Å². The average molecular weight is 423 g/mol. The molecule has 1 fully saturated rings. The minimum absolute atomic E-state index is 0.209. The summed E-state index contributed by atoms with van der Waals surface area (Å²) < 4.78 is 44.9. The van der Waals surface area contributed by atoms with E-state index in [2.05, 4.69) is 9.97 Å². The van der Waals surface area contributed by atoms with Crippen molar-refractivity contribution in [1.82, 2.24) is 9.97 Å². The van der Waals surface area contributed by atoms with Gasteiger partial charge in [-0.2, -0.15) is 13.2 Å². The third-order valence-electron chi connectivity index (χ3n) is 5.77. The molecule has 4 aromatic rings. The second-order valence-corrected chi connectivity index (χ2v) is 8.24. The molecular weight excluding hydrogens is 408 g/mol. The summed E-state index contributed by atoms with van der Waals surface area (Å²) in [5.74, 6) is -0.538. The van der Waals surface area contributed by atoms with Gasteiger partial charge in [0.15, 0.2) is 0 Å². The molecule has 1 aliphatic rings. The third kappa shape index (κ3) is 2.42. The molecule has 1 aliphatic carbocycles. The molecule has 2 aromatic carbocycles. The van der Waals surface area contributed by atoms with E-state index in [0.717, 1.165) is 0 Å². The Bertz CT molecular complexity index is 1120. The van der Waals surface area contributed by atoms with E-state index >= 15 is 0 Å². The predicted octanol–water partition coefficient (Wildman–Crippen LogP) is 7.21. The van der Waals surface area contributed by atoms with Gasteiger partial charge in [0, 0.05) is 44.2 Å². The molecule has 0 unspecified atom stereocenters. The number of H-pyrrole nitrogens is 2. The van der Waals surface area contributed by atoms with Gasteiger partial charge in [-0.3, -0.25) is 0 Å². The number of rotatable bonds is 3. The number of nitrogens with one attached hydrogen (secondary N) is 2. The van der Waals surface area contributed by atoms with Gasteiger partial charge in [0.25, 0.3) is 0 Å². The zero-order valence-corrected chi connectivity index (χ0v) is 16.0. The summed E-state index contributed by atoms with van der Waals surface area (Å²) >= 11 is 12.3. The van der Waals surface area contributed by atoms with Crippen LogP contribution in [0.2, 0.25) is 10.0 Å². The van der Waals surface area contributed by atoms with Crippen LogP contribution in [-0.4, -0.2) is 16.1 Å². The van der Waals surface area contributed by atoms with Crippen LogP contribution in [-0.2, 0) is 5.41 Å². The normalized spacial score (nSPS) is 15.6. The maximum absolute atomic E-state index is 15.0. The Balaban J connectivity index is 1.91. The second kappa shape index (κ2) is 5.94. The van der Waals surface area contributed by atoms with E-state index in [-0.39, 0.29) is 11.1 Å². The SMILES string of the molecule is FC(F)(F)C(c1c[nH]c2ccc(Cl)cc12)(c1c[nH]c2ccc(Cl)cc12)C1CC1. The van der Waals surface area contributed by atoms with Crippen LogP contribution in [0.15, 0.2) is 48.8 Å². The zero-order valence-electron chi connectivity index (χ0n) is 14.5. The van der Waals surface area contributed by atoms with Crippen molar-refractivity contribution in [2.75, 3.05) is 0 Å². The lowest BCUT2D eigenvalue weighted by Gasteiger charge is -2.36. The van der Waals surface area contributed by atoms with E-state index in [1.807, 2.05) is 0 Å². The Morgan fingerprint density at radius 1 is 0.786 bits per heavy atom. The number of halogens is 5. The van der Waals surface area contributed by atoms with Gasteiger partial charge in [-0.15, -0.1) is 0 Å². The zero-order chi connectivity index (χ0) is 19.7. The minimum Gasteiger partial charge on any atom is -0.361 e. The molecule has 5 rings (SSSR count). The number of alkyl halides is 3. The third-order valence-corrected chi connectivity index (χ3v) is 6.24. The van der Waals surface area contributed by atoms with Crippen molar-refractivity contribution < 1.29 is 13.2 Å². The number of benzene rings is 2. The van der Waals surface area contributed by atoms with Crippen LogP contribution < -0.4 is 0 Å². The van der Waals surface area contributed by atoms with Gasteiger partial charge < -0.3 is 9.97 Å². The van der Waals surface area contributed by atoms with Crippen LogP contribution in [0.1, 0.15) is 24.0 Å². The van der Waals surface area contributed by atoms with Gasteiger partial charge in [-0.25, -0.2) is 0 Å². The summed E-state index contributed by atoms with van der Waals surface area (Å²) in [6.45, 7) is 0. The monoisotopic (exact) mass is 422 g/mol. The highest BCUT2D eigenvalue weighted by atomic mass is 35.5. The van der Waals surface area contributed by atoms with Crippen molar-refractivity contribution >= 4 is 45.0 Å². The summed E-state index contributed by atoms with van der Waals surface area (Å²) in [6, 6.07) is 9.97. The molecule has 0 saturated heterocycles. The van der Waals surface area contributed by atoms with Crippen LogP contribution in [0, 0.1) is 5.92 Å². The smallest absolute Gasteiger partial charge is 0.361 e. The van der Waals surface area contributed by atoms with Gasteiger partial charge >= 0.3 is 6.18 Å². The standard InChI is InChI=1S/C21H15Cl2F3N2/c22-12-3-5-18-14(7-12)16(9-27-18)20(11-1-2-11,21(24,25)26)17-10-28-19-6-4-13(23)8-15(17)19/h3-11,27-28H,1-2H2. The van der Waals surface area contributed by atoms with Crippen molar-refractivity contribution in [3.63, 3.8) is 0 Å². The van der Waals surface area contributed by atoms with Crippen molar-refractivity contribution in [2.45, 2.75) is 24.4 Å². The molecule has 2 heterocycles. The molecule has 28 heavy (non-hydrogen) atoms. The molecule has 0 amide bonds. The summed E-state index contributed by atoms with van der Waals surface area (Å²) in [5, 5.41) is 1.80. The Labute approximate surface area is 168 Å². The maximum atomic E-state index is 15.0. The van der Waals surface area contributed by atoms with Crippen LogP contribution in [0.25, 0.3) is 21.8 Å². The van der Waals surface area contributed by atoms with E-state index < -0.39 is 17.5 Å². The molecule has 1 saturated carbocycles. The van der Waals surface area contributed by atoms with Crippen molar-refractivity contribution in [1.29, 1.82) is 0 Å². The van der Waals surface area contributed by atoms with E-state index in [1.54, 1.807) is 36.4 Å². The lowest BCUT2D eigenvalue weighted by Crippen LogP contribution is -2.45. The highest BCUT2D eigenvalue weighted by Gasteiger charge is 2.65. The molecule has 0 atom stereocenters. The fourth-order valence-corrected chi connectivity index (χ4v) is 4.82. The van der Waals surface area contributed by atoms with Crippen LogP contribution in [0.5, 0.6) is 0 Å². The predicted molar refractivity (Wildman–Crippen MR) is 106 cm³/mol. The molecule has 0 spiro atoms. The Morgan fingerprint density at radius 2 is 1.25 bits per heavy atom. The number of aromatic nitrogens is 2. The van der Waals surface area contributed by atoms with Crippen molar-refractivity contribution in [3.05, 3.63) is 70.0 Å². The van der Waals surface area contributed by atoms with Crippen LogP contribution >= 0.6 is 23.2 Å². The Hall–Kier alpha value is -2.11. The molecule has 2 aromatic heterocycles. The summed E-state index contributed by atoms with van der Waals surface area (Å²) in [7, 11) is 0. The summed E-state index contributed by atoms with van der Waals surface area (Å²) in [5.41, 5.74) is -0.460. The molecule has 0 aliphatic heterocycles. The van der Waals surface area contributed by atoms with Crippen LogP contribution in [0.4, 0.5) is 13.2 Å². The molecule has 2 nitrogen and oxygen atoms in total. The van der Waals surface area contributed by atoms with Gasteiger partial charge in [-0.1, -0.05) is 23.2 Å². The average Bonchev–Trinajstić information content (AvgIpc) is 3.27. The van der Waals surface area contributed by atoms with E-state index in [4.69, 9.17) is 23.2 Å². The van der Waals surface area contributed by atoms with Gasteiger partial charge in [-0.05, 0) is 66.3 Å². The first-order valence-electron chi connectivity index (χ1n) is 8.93. The largest absolute Gasteiger partial charge is 0.402 e. The fourth-order valence-electron chi connectivity index (χ4n) is 4.48. The first-order valence-corrected chi connectivity index (χ1v) is 9.69. The topological polar surface area (TPSA) is 31.6 Å². The number of aromatic amines is 2. The number of fused-ring (bicyclic) bond motifs is 2. The molecule has 0 bridgehead atoms. The van der Waals surface area contributed by atoms with E-state index in [0.29, 0.717) is 44.7 Å². The highest BCUT2D eigenvalue weighted by Crippen LogP contribution is 2.61. The quantitative estimate of drug-likeness (QED) is 0.349. The summed E-state index contributed by atoms with van der Waals surface area (Å²) in [6.07, 6.45) is -0.505. The first kappa shape index (κ1) is 18.0. The number of hydrogen-bond donors (Lipinski definition) is 2.